The average Bonchev–Trinajstić information content (AvgIpc) is 2.72. The first-order chi connectivity index (χ1) is 14.5. The molecule has 0 atom stereocenters. The van der Waals surface area contributed by atoms with Crippen molar-refractivity contribution in [2.75, 3.05) is 36.6 Å². The van der Waals surface area contributed by atoms with Crippen LogP contribution in [0, 0.1) is 6.92 Å². The highest BCUT2D eigenvalue weighted by Gasteiger charge is 2.24. The molecular weight excluding hydrogens is 448 g/mol. The number of halogens is 1. The molecule has 2 rings (SSSR count). The Hall–Kier alpha value is -3.11. The average molecular weight is 469 g/mol. The van der Waals surface area contributed by atoms with E-state index in [0.717, 1.165) is 17.7 Å². The van der Waals surface area contributed by atoms with E-state index < -0.39 is 34.4 Å². The minimum Gasteiger partial charge on any atom is -0.465 e. The van der Waals surface area contributed by atoms with Crippen molar-refractivity contribution in [3.8, 4) is 0 Å². The molecule has 2 aromatic rings. The van der Waals surface area contributed by atoms with Gasteiger partial charge in [-0.2, -0.15) is 0 Å². The number of carbonyl (C=O) groups excluding carboxylic acids is 3. The van der Waals surface area contributed by atoms with Crippen molar-refractivity contribution in [3.63, 3.8) is 0 Å². The zero-order valence-corrected chi connectivity index (χ0v) is 18.8. The predicted molar refractivity (Wildman–Crippen MR) is 116 cm³/mol. The number of nitrogens with one attached hydrogen (secondary N) is 1. The molecule has 1 N–H and O–H groups in total. The number of carbonyl (C=O) groups is 3. The van der Waals surface area contributed by atoms with Crippen LogP contribution < -0.4 is 9.62 Å². The first kappa shape index (κ1) is 24.2. The SMILES string of the molecule is COC(=O)c1ccc(C(=O)OC)c(NC(=O)CN(c2cccc(Cl)c2C)S(C)(=O)=O)c1. The van der Waals surface area contributed by atoms with E-state index in [9.17, 15) is 22.8 Å². The topological polar surface area (TPSA) is 119 Å². The molecule has 0 spiro atoms. The van der Waals surface area contributed by atoms with Crippen molar-refractivity contribution in [2.45, 2.75) is 6.92 Å². The molecule has 0 aliphatic carbocycles. The Balaban J connectivity index is 2.41. The number of esters is 2. The van der Waals surface area contributed by atoms with Crippen molar-refractivity contribution in [1.29, 1.82) is 0 Å². The van der Waals surface area contributed by atoms with Crippen LogP contribution in [0.4, 0.5) is 11.4 Å². The second-order valence-corrected chi connectivity index (χ2v) is 8.76. The number of anilines is 2. The largest absolute Gasteiger partial charge is 0.465 e. The summed E-state index contributed by atoms with van der Waals surface area (Å²) in [7, 11) is -1.50. The van der Waals surface area contributed by atoms with Gasteiger partial charge in [0, 0.05) is 5.02 Å². The van der Waals surface area contributed by atoms with Gasteiger partial charge in [0.15, 0.2) is 0 Å². The fourth-order valence-electron chi connectivity index (χ4n) is 2.75. The summed E-state index contributed by atoms with van der Waals surface area (Å²) in [6, 6.07) is 8.56. The molecule has 9 nitrogen and oxygen atoms in total. The number of methoxy groups -OCH3 is 2. The van der Waals surface area contributed by atoms with Crippen molar-refractivity contribution in [2.24, 2.45) is 0 Å². The third kappa shape index (κ3) is 5.74. The van der Waals surface area contributed by atoms with Gasteiger partial charge in [-0.25, -0.2) is 18.0 Å². The van der Waals surface area contributed by atoms with E-state index in [2.05, 4.69) is 10.1 Å². The van der Waals surface area contributed by atoms with E-state index >= 15 is 0 Å². The first-order valence-electron chi connectivity index (χ1n) is 8.83. The molecule has 0 aliphatic rings. The van der Waals surface area contributed by atoms with Crippen molar-refractivity contribution >= 4 is 50.8 Å². The number of hydrogen-bond acceptors (Lipinski definition) is 7. The molecule has 0 bridgehead atoms. The minimum atomic E-state index is -3.85. The van der Waals surface area contributed by atoms with E-state index in [1.165, 1.54) is 31.4 Å². The van der Waals surface area contributed by atoms with Crippen LogP contribution in [-0.2, 0) is 24.3 Å². The Morgan fingerprint density at radius 3 is 2.29 bits per heavy atom. The molecule has 1 amide bonds. The van der Waals surface area contributed by atoms with Gasteiger partial charge in [-0.15, -0.1) is 0 Å². The lowest BCUT2D eigenvalue weighted by atomic mass is 10.1. The molecule has 0 heterocycles. The van der Waals surface area contributed by atoms with Crippen LogP contribution in [-0.4, -0.2) is 53.3 Å². The van der Waals surface area contributed by atoms with Gasteiger partial charge < -0.3 is 14.8 Å². The summed E-state index contributed by atoms with van der Waals surface area (Å²) in [5.74, 6) is -2.19. The van der Waals surface area contributed by atoms with Gasteiger partial charge in [0.25, 0.3) is 0 Å². The van der Waals surface area contributed by atoms with E-state index in [4.69, 9.17) is 16.3 Å². The highest BCUT2D eigenvalue weighted by atomic mass is 35.5. The molecule has 166 valence electrons. The Kier molecular flexibility index (Phi) is 7.64. The predicted octanol–water partition coefficient (Wildman–Crippen LogP) is 2.63. The Morgan fingerprint density at radius 2 is 1.71 bits per heavy atom. The third-order valence-corrected chi connectivity index (χ3v) is 5.85. The summed E-state index contributed by atoms with van der Waals surface area (Å²) in [6.07, 6.45) is 0.957. The standard InChI is InChI=1S/C20H21ClN2O7S/c1-12-15(21)6-5-7-17(12)23(31(4,27)28)11-18(24)22-16-10-13(19(25)29-2)8-9-14(16)20(26)30-3/h5-10H,11H2,1-4H3,(H,22,24). The number of ether oxygens (including phenoxy) is 2. The van der Waals surface area contributed by atoms with Crippen LogP contribution in [0.15, 0.2) is 36.4 Å². The van der Waals surface area contributed by atoms with Crippen LogP contribution >= 0.6 is 11.6 Å². The van der Waals surface area contributed by atoms with Crippen LogP contribution in [0.1, 0.15) is 26.3 Å². The van der Waals surface area contributed by atoms with Crippen molar-refractivity contribution < 1.29 is 32.3 Å². The maximum atomic E-state index is 12.7. The lowest BCUT2D eigenvalue weighted by Gasteiger charge is -2.24. The summed E-state index contributed by atoms with van der Waals surface area (Å²) in [5.41, 5.74) is 0.743. The molecule has 0 fully saturated rings. The molecule has 0 saturated carbocycles. The maximum Gasteiger partial charge on any atom is 0.339 e. The monoisotopic (exact) mass is 468 g/mol. The number of rotatable bonds is 7. The molecule has 2 aromatic carbocycles. The number of amides is 1. The van der Waals surface area contributed by atoms with E-state index in [-0.39, 0.29) is 22.5 Å². The summed E-state index contributed by atoms with van der Waals surface area (Å²) in [5, 5.41) is 2.80. The second kappa shape index (κ2) is 9.80. The van der Waals surface area contributed by atoms with Crippen molar-refractivity contribution in [1.82, 2.24) is 0 Å². The van der Waals surface area contributed by atoms with Crippen LogP contribution in [0.25, 0.3) is 0 Å². The normalized spacial score (nSPS) is 10.9. The molecule has 0 radical (unpaired) electrons. The number of benzene rings is 2. The van der Waals surface area contributed by atoms with Gasteiger partial charge in [-0.1, -0.05) is 17.7 Å². The fourth-order valence-corrected chi connectivity index (χ4v) is 3.82. The van der Waals surface area contributed by atoms with Gasteiger partial charge in [0.1, 0.15) is 6.54 Å². The summed E-state index contributed by atoms with van der Waals surface area (Å²) >= 11 is 6.09. The van der Waals surface area contributed by atoms with E-state index in [0.29, 0.717) is 10.6 Å². The Labute approximate surface area is 184 Å². The zero-order chi connectivity index (χ0) is 23.3. The molecule has 0 aliphatic heterocycles. The minimum absolute atomic E-state index is 0.0201. The molecule has 11 heteroatoms. The highest BCUT2D eigenvalue weighted by Crippen LogP contribution is 2.28. The van der Waals surface area contributed by atoms with Crippen LogP contribution in [0.5, 0.6) is 0 Å². The summed E-state index contributed by atoms with van der Waals surface area (Å²) in [6.45, 7) is 1.03. The van der Waals surface area contributed by atoms with Crippen LogP contribution in [0.2, 0.25) is 5.02 Å². The lowest BCUT2D eigenvalue weighted by Crippen LogP contribution is -2.38. The molecular formula is C20H21ClN2O7S. The molecule has 31 heavy (non-hydrogen) atoms. The molecule has 0 saturated heterocycles. The van der Waals surface area contributed by atoms with Gasteiger partial charge in [-0.3, -0.25) is 9.10 Å². The van der Waals surface area contributed by atoms with Gasteiger partial charge in [-0.05, 0) is 42.8 Å². The highest BCUT2D eigenvalue weighted by molar-refractivity contribution is 7.92. The maximum absolute atomic E-state index is 12.7. The third-order valence-electron chi connectivity index (χ3n) is 4.32. The zero-order valence-electron chi connectivity index (χ0n) is 17.3. The van der Waals surface area contributed by atoms with Crippen LogP contribution in [0.3, 0.4) is 0 Å². The van der Waals surface area contributed by atoms with E-state index in [1.54, 1.807) is 19.1 Å². The number of hydrogen-bond donors (Lipinski definition) is 1. The molecule has 0 aromatic heterocycles. The summed E-state index contributed by atoms with van der Waals surface area (Å²) in [4.78, 5) is 36.6. The Bertz CT molecular complexity index is 1130. The fraction of sp³-hybridized carbons (Fsp3) is 0.250. The van der Waals surface area contributed by atoms with E-state index in [1.807, 2.05) is 0 Å². The van der Waals surface area contributed by atoms with Gasteiger partial charge in [0.2, 0.25) is 15.9 Å². The summed E-state index contributed by atoms with van der Waals surface area (Å²) < 4.78 is 34.9. The van der Waals surface area contributed by atoms with Gasteiger partial charge in [0.05, 0.1) is 43.0 Å². The Morgan fingerprint density at radius 1 is 1.06 bits per heavy atom. The smallest absolute Gasteiger partial charge is 0.339 e. The van der Waals surface area contributed by atoms with Crippen molar-refractivity contribution in [3.05, 3.63) is 58.1 Å². The first-order valence-corrected chi connectivity index (χ1v) is 11.1. The number of sulfonamides is 1. The second-order valence-electron chi connectivity index (χ2n) is 6.45. The van der Waals surface area contributed by atoms with Gasteiger partial charge >= 0.3 is 11.9 Å². The quantitative estimate of drug-likeness (QED) is 0.620. The molecule has 0 unspecified atom stereocenters. The number of nitrogens with zero attached hydrogens (tertiary/aromatic N) is 1. The lowest BCUT2D eigenvalue weighted by molar-refractivity contribution is -0.114.